The molecule has 1 aliphatic carbocycles. The number of ketones is 1. The average Bonchev–Trinajstić information content (AvgIpc) is 3.22. The number of nitrogens with zero attached hydrogens (tertiary/aromatic N) is 3. The highest BCUT2D eigenvalue weighted by Gasteiger charge is 2.36. The molecule has 0 radical (unpaired) electrons. The second-order valence-corrected chi connectivity index (χ2v) is 11.1. The van der Waals surface area contributed by atoms with Crippen molar-refractivity contribution in [3.05, 3.63) is 17.5 Å². The number of amides is 2. The number of urea groups is 1. The third-order valence-corrected chi connectivity index (χ3v) is 8.29. The molecule has 30 heavy (non-hydrogen) atoms. The molecule has 8 nitrogen and oxygen atoms in total. The first-order valence-corrected chi connectivity index (χ1v) is 13.0. The maximum atomic E-state index is 13.1. The summed E-state index contributed by atoms with van der Waals surface area (Å²) in [6, 6.07) is 1.22. The van der Waals surface area contributed by atoms with Crippen molar-refractivity contribution < 1.29 is 22.5 Å². The topological polar surface area (TPSA) is 101 Å². The third-order valence-electron chi connectivity index (χ3n) is 6.68. The quantitative estimate of drug-likeness (QED) is 0.717. The molecule has 2 aliphatic heterocycles. The molecule has 0 unspecified atom stereocenters. The first-order valence-electron chi connectivity index (χ1n) is 11.2. The number of hydrogen-bond donors (Lipinski definition) is 0. The van der Waals surface area contributed by atoms with E-state index in [2.05, 4.69) is 5.16 Å². The molecule has 0 spiro atoms. The van der Waals surface area contributed by atoms with Crippen molar-refractivity contribution in [2.24, 2.45) is 0 Å². The van der Waals surface area contributed by atoms with E-state index in [1.807, 2.05) is 6.07 Å². The molecule has 1 atom stereocenters. The first kappa shape index (κ1) is 21.3. The first-order chi connectivity index (χ1) is 14.4. The van der Waals surface area contributed by atoms with Crippen LogP contribution in [0.5, 0.6) is 0 Å². The highest BCUT2D eigenvalue weighted by Crippen LogP contribution is 2.32. The monoisotopic (exact) mass is 437 g/mol. The summed E-state index contributed by atoms with van der Waals surface area (Å²) in [7, 11) is -3.06. The van der Waals surface area contributed by atoms with Gasteiger partial charge in [0.25, 0.3) is 0 Å². The van der Waals surface area contributed by atoms with Gasteiger partial charge in [-0.05, 0) is 32.1 Å². The van der Waals surface area contributed by atoms with Crippen molar-refractivity contribution in [1.29, 1.82) is 0 Å². The van der Waals surface area contributed by atoms with E-state index in [9.17, 15) is 18.0 Å². The van der Waals surface area contributed by atoms with Crippen LogP contribution in [0.3, 0.4) is 0 Å². The van der Waals surface area contributed by atoms with Crippen molar-refractivity contribution in [2.45, 2.75) is 69.7 Å². The van der Waals surface area contributed by atoms with Gasteiger partial charge < -0.3 is 14.3 Å². The highest BCUT2D eigenvalue weighted by molar-refractivity contribution is 7.91. The van der Waals surface area contributed by atoms with Gasteiger partial charge in [0, 0.05) is 31.6 Å². The Morgan fingerprint density at radius 3 is 2.43 bits per heavy atom. The molecular formula is C21H31N3O5S. The van der Waals surface area contributed by atoms with Crippen LogP contribution in [0.1, 0.15) is 68.7 Å². The fraction of sp³-hybridized carbons (Fsp3) is 0.762. The fourth-order valence-corrected chi connectivity index (χ4v) is 6.07. The predicted octanol–water partition coefficient (Wildman–Crippen LogP) is 2.54. The molecule has 166 valence electrons. The van der Waals surface area contributed by atoms with Crippen LogP contribution >= 0.6 is 0 Å². The molecule has 0 aromatic carbocycles. The highest BCUT2D eigenvalue weighted by atomic mass is 32.2. The summed E-state index contributed by atoms with van der Waals surface area (Å²) >= 11 is 0. The van der Waals surface area contributed by atoms with E-state index in [0.717, 1.165) is 31.4 Å². The zero-order chi connectivity index (χ0) is 21.1. The molecule has 3 aliphatic rings. The Hall–Kier alpha value is -1.90. The van der Waals surface area contributed by atoms with Crippen molar-refractivity contribution >= 4 is 21.7 Å². The number of carbonyl (C=O) groups excluding carboxylic acids is 2. The molecular weight excluding hydrogens is 406 g/mol. The second-order valence-electron chi connectivity index (χ2n) is 8.82. The van der Waals surface area contributed by atoms with Gasteiger partial charge in [-0.3, -0.25) is 4.79 Å². The van der Waals surface area contributed by atoms with Crippen LogP contribution in [0.2, 0.25) is 0 Å². The summed E-state index contributed by atoms with van der Waals surface area (Å²) in [5.41, 5.74) is 0.948. The Morgan fingerprint density at radius 2 is 1.70 bits per heavy atom. The summed E-state index contributed by atoms with van der Waals surface area (Å²) < 4.78 is 28.8. The Bertz CT molecular complexity index is 861. The van der Waals surface area contributed by atoms with E-state index < -0.39 is 15.9 Å². The summed E-state index contributed by atoms with van der Waals surface area (Å²) in [6.07, 6.45) is 8.48. The number of carbonyl (C=O) groups is 2. The minimum atomic E-state index is -3.06. The molecule has 2 amide bonds. The molecule has 3 heterocycles. The number of sulfone groups is 1. The van der Waals surface area contributed by atoms with Gasteiger partial charge in [-0.2, -0.15) is 0 Å². The lowest BCUT2D eigenvalue weighted by molar-refractivity contribution is -0.124. The molecule has 0 N–H and O–H groups in total. The van der Waals surface area contributed by atoms with E-state index in [1.165, 1.54) is 19.3 Å². The van der Waals surface area contributed by atoms with E-state index in [4.69, 9.17) is 4.52 Å². The zero-order valence-corrected chi connectivity index (χ0v) is 18.2. The maximum Gasteiger partial charge on any atom is 0.320 e. The van der Waals surface area contributed by atoms with Gasteiger partial charge in [0.2, 0.25) is 0 Å². The number of hydrogen-bond acceptors (Lipinski definition) is 6. The molecule has 9 heteroatoms. The van der Waals surface area contributed by atoms with Gasteiger partial charge in [0.1, 0.15) is 5.76 Å². The van der Waals surface area contributed by atoms with Crippen molar-refractivity contribution in [1.82, 2.24) is 15.0 Å². The molecule has 4 rings (SSSR count). The smallest absolute Gasteiger partial charge is 0.320 e. The lowest BCUT2D eigenvalue weighted by atomic mass is 9.87. The zero-order valence-electron chi connectivity index (χ0n) is 17.4. The van der Waals surface area contributed by atoms with Gasteiger partial charge in [-0.1, -0.05) is 24.4 Å². The van der Waals surface area contributed by atoms with Gasteiger partial charge in [0.05, 0.1) is 29.7 Å². The van der Waals surface area contributed by atoms with Gasteiger partial charge in [-0.25, -0.2) is 13.2 Å². The van der Waals surface area contributed by atoms with Crippen LogP contribution in [0.25, 0.3) is 0 Å². The molecule has 3 fully saturated rings. The summed E-state index contributed by atoms with van der Waals surface area (Å²) in [6.45, 7) is 0.930. The van der Waals surface area contributed by atoms with Gasteiger partial charge >= 0.3 is 6.03 Å². The van der Waals surface area contributed by atoms with Crippen LogP contribution in [-0.2, 0) is 21.1 Å². The van der Waals surface area contributed by atoms with E-state index in [0.29, 0.717) is 24.6 Å². The standard InChI is InChI=1S/C21H31N3O5S/c25-20(15-17-14-18(22-29-17)16-6-2-1-3-7-16)19-8-4-5-9-24(19)21(26)23-10-12-30(27,28)13-11-23/h14,16,19H,1-13,15H2/t19-/m0/s1. The lowest BCUT2D eigenvalue weighted by Crippen LogP contribution is -2.56. The van der Waals surface area contributed by atoms with E-state index in [-0.39, 0.29) is 42.8 Å². The van der Waals surface area contributed by atoms with Crippen LogP contribution < -0.4 is 0 Å². The number of Topliss-reactive ketones (excluding diaryl/α,β-unsaturated/α-hetero) is 1. The lowest BCUT2D eigenvalue weighted by Gasteiger charge is -2.39. The minimum Gasteiger partial charge on any atom is -0.361 e. The summed E-state index contributed by atoms with van der Waals surface area (Å²) in [4.78, 5) is 29.3. The molecule has 1 aromatic heterocycles. The summed E-state index contributed by atoms with van der Waals surface area (Å²) in [5.74, 6) is 0.955. The Labute approximate surface area is 177 Å². The number of aromatic nitrogens is 1. The second kappa shape index (κ2) is 9.08. The fourth-order valence-electron chi connectivity index (χ4n) is 4.87. The van der Waals surface area contributed by atoms with Gasteiger partial charge in [-0.15, -0.1) is 0 Å². The minimum absolute atomic E-state index is 0.00674. The number of likely N-dealkylation sites (tertiary alicyclic amines) is 1. The van der Waals surface area contributed by atoms with E-state index in [1.54, 1.807) is 9.80 Å². The maximum absolute atomic E-state index is 13.1. The van der Waals surface area contributed by atoms with E-state index >= 15 is 0 Å². The molecule has 1 aromatic rings. The van der Waals surface area contributed by atoms with Crippen molar-refractivity contribution in [3.8, 4) is 0 Å². The predicted molar refractivity (Wildman–Crippen MR) is 111 cm³/mol. The largest absolute Gasteiger partial charge is 0.361 e. The SMILES string of the molecule is O=C(Cc1cc(C2CCCCC2)no1)[C@@H]1CCCCN1C(=O)N1CCS(=O)(=O)CC1. The van der Waals surface area contributed by atoms with Crippen molar-refractivity contribution in [2.75, 3.05) is 31.1 Å². The Balaban J connectivity index is 1.39. The van der Waals surface area contributed by atoms with Crippen LogP contribution in [0.4, 0.5) is 4.79 Å². The number of piperidine rings is 1. The van der Waals surface area contributed by atoms with Crippen molar-refractivity contribution in [3.63, 3.8) is 0 Å². The Kier molecular flexibility index (Phi) is 6.46. The van der Waals surface area contributed by atoms with Gasteiger partial charge in [0.15, 0.2) is 15.6 Å². The van der Waals surface area contributed by atoms with Crippen LogP contribution in [0, 0.1) is 0 Å². The summed E-state index contributed by atoms with van der Waals surface area (Å²) in [5, 5.41) is 4.21. The third kappa shape index (κ3) is 4.87. The van der Waals surface area contributed by atoms with Crippen LogP contribution in [-0.4, -0.2) is 72.4 Å². The molecule has 1 saturated carbocycles. The van der Waals surface area contributed by atoms with Crippen LogP contribution in [0.15, 0.2) is 10.6 Å². The average molecular weight is 438 g/mol. The molecule has 0 bridgehead atoms. The molecule has 2 saturated heterocycles. The normalized spacial score (nSPS) is 25.3. The Morgan fingerprint density at radius 1 is 1.00 bits per heavy atom. The number of rotatable bonds is 4.